The molecule has 1 atom stereocenters. The molecule has 1 aliphatic carbocycles. The van der Waals surface area contributed by atoms with E-state index in [1.165, 1.54) is 17.7 Å². The van der Waals surface area contributed by atoms with Crippen molar-refractivity contribution in [3.05, 3.63) is 47.7 Å². The molecular formula is C15H18N6. The lowest BCUT2D eigenvalue weighted by Crippen LogP contribution is -2.25. The molecule has 0 radical (unpaired) electrons. The summed E-state index contributed by atoms with van der Waals surface area (Å²) in [6.45, 7) is 0.712. The van der Waals surface area contributed by atoms with Gasteiger partial charge in [-0.1, -0.05) is 6.07 Å². The molecule has 6 nitrogen and oxygen atoms in total. The molecule has 1 aliphatic rings. The Kier molecular flexibility index (Phi) is 2.96. The summed E-state index contributed by atoms with van der Waals surface area (Å²) in [5.41, 5.74) is 3.57. The van der Waals surface area contributed by atoms with Crippen LogP contribution < -0.4 is 5.32 Å². The maximum atomic E-state index is 4.39. The van der Waals surface area contributed by atoms with Gasteiger partial charge in [0, 0.05) is 30.5 Å². The second-order valence-electron chi connectivity index (χ2n) is 5.54. The zero-order valence-corrected chi connectivity index (χ0v) is 12.0. The first-order valence-corrected chi connectivity index (χ1v) is 7.36. The molecule has 0 saturated carbocycles. The summed E-state index contributed by atoms with van der Waals surface area (Å²) in [5.74, 6) is 0.946. The molecule has 0 amide bonds. The molecule has 3 aromatic heterocycles. The number of hydrogen-bond acceptors (Lipinski definition) is 4. The predicted molar refractivity (Wildman–Crippen MR) is 78.7 cm³/mol. The van der Waals surface area contributed by atoms with Gasteiger partial charge in [0.25, 0.3) is 0 Å². The van der Waals surface area contributed by atoms with Gasteiger partial charge in [0.05, 0.1) is 12.7 Å². The summed E-state index contributed by atoms with van der Waals surface area (Å²) < 4.78 is 4.02. The van der Waals surface area contributed by atoms with E-state index in [9.17, 15) is 0 Å². The molecule has 1 N–H and O–H groups in total. The number of pyridine rings is 1. The lowest BCUT2D eigenvalue weighted by Gasteiger charge is -2.23. The SMILES string of the molecule is Cn1ncc2c1CCCC2NCc1nnc2ccccn12. The Balaban J connectivity index is 1.55. The molecule has 0 aliphatic heterocycles. The largest absolute Gasteiger partial charge is 0.303 e. The van der Waals surface area contributed by atoms with Crippen molar-refractivity contribution in [2.24, 2.45) is 7.05 Å². The second-order valence-corrected chi connectivity index (χ2v) is 5.54. The van der Waals surface area contributed by atoms with Crippen molar-refractivity contribution >= 4 is 5.65 Å². The van der Waals surface area contributed by atoms with Crippen molar-refractivity contribution in [2.45, 2.75) is 31.8 Å². The lowest BCUT2D eigenvalue weighted by molar-refractivity contribution is 0.445. The predicted octanol–water partition coefficient (Wildman–Crippen LogP) is 1.63. The molecule has 3 aromatic rings. The summed E-state index contributed by atoms with van der Waals surface area (Å²) in [6.07, 6.45) is 7.47. The Hall–Kier alpha value is -2.21. The van der Waals surface area contributed by atoms with Crippen molar-refractivity contribution in [1.29, 1.82) is 0 Å². The van der Waals surface area contributed by atoms with Crippen LogP contribution in [0.3, 0.4) is 0 Å². The molecule has 0 saturated heterocycles. The summed E-state index contributed by atoms with van der Waals surface area (Å²) in [7, 11) is 2.02. The summed E-state index contributed by atoms with van der Waals surface area (Å²) >= 11 is 0. The van der Waals surface area contributed by atoms with Gasteiger partial charge < -0.3 is 5.32 Å². The molecule has 1 unspecified atom stereocenters. The minimum atomic E-state index is 0.360. The van der Waals surface area contributed by atoms with E-state index in [2.05, 4.69) is 20.6 Å². The van der Waals surface area contributed by atoms with Gasteiger partial charge in [-0.3, -0.25) is 9.08 Å². The zero-order chi connectivity index (χ0) is 14.2. The molecule has 0 aromatic carbocycles. The van der Waals surface area contributed by atoms with Gasteiger partial charge in [-0.05, 0) is 31.4 Å². The average molecular weight is 282 g/mol. The van der Waals surface area contributed by atoms with Crippen molar-refractivity contribution in [3.63, 3.8) is 0 Å². The normalized spacial score (nSPS) is 18.0. The highest BCUT2D eigenvalue weighted by Crippen LogP contribution is 2.29. The number of nitrogens with one attached hydrogen (secondary N) is 1. The maximum absolute atomic E-state index is 4.39. The van der Waals surface area contributed by atoms with Gasteiger partial charge in [-0.25, -0.2) is 0 Å². The molecule has 0 fully saturated rings. The van der Waals surface area contributed by atoms with E-state index in [1.54, 1.807) is 0 Å². The van der Waals surface area contributed by atoms with Crippen LogP contribution in [0.5, 0.6) is 0 Å². The summed E-state index contributed by atoms with van der Waals surface area (Å²) in [6, 6.07) is 6.30. The zero-order valence-electron chi connectivity index (χ0n) is 12.0. The van der Waals surface area contributed by atoms with E-state index in [1.807, 2.05) is 46.7 Å². The summed E-state index contributed by atoms with van der Waals surface area (Å²) in [5, 5.41) is 16.5. The van der Waals surface area contributed by atoms with Gasteiger partial charge in [0.1, 0.15) is 0 Å². The van der Waals surface area contributed by atoms with Crippen LogP contribution in [0, 0.1) is 0 Å². The average Bonchev–Trinajstić information content (AvgIpc) is 3.10. The van der Waals surface area contributed by atoms with Gasteiger partial charge in [-0.2, -0.15) is 5.10 Å². The van der Waals surface area contributed by atoms with E-state index in [0.29, 0.717) is 12.6 Å². The van der Waals surface area contributed by atoms with Crippen molar-refractivity contribution < 1.29 is 0 Å². The first kappa shape index (κ1) is 12.5. The number of hydrogen-bond donors (Lipinski definition) is 1. The van der Waals surface area contributed by atoms with Gasteiger partial charge in [0.2, 0.25) is 0 Å². The van der Waals surface area contributed by atoms with Crippen LogP contribution in [0.4, 0.5) is 0 Å². The maximum Gasteiger partial charge on any atom is 0.160 e. The second kappa shape index (κ2) is 4.96. The van der Waals surface area contributed by atoms with Crippen LogP contribution in [0.15, 0.2) is 30.6 Å². The van der Waals surface area contributed by atoms with Crippen molar-refractivity contribution in [3.8, 4) is 0 Å². The van der Waals surface area contributed by atoms with Crippen LogP contribution >= 0.6 is 0 Å². The topological polar surface area (TPSA) is 60.0 Å². The fourth-order valence-electron chi connectivity index (χ4n) is 3.14. The summed E-state index contributed by atoms with van der Waals surface area (Å²) in [4.78, 5) is 0. The van der Waals surface area contributed by atoms with Crippen LogP contribution in [0.2, 0.25) is 0 Å². The standard InChI is InChI=1S/C15H18N6/c1-20-13-6-4-5-12(11(13)9-17-20)16-10-15-19-18-14-7-2-3-8-21(14)15/h2-3,7-9,12,16H,4-6,10H2,1H3. The number of nitrogens with zero attached hydrogens (tertiary/aromatic N) is 5. The third kappa shape index (κ3) is 2.12. The molecule has 21 heavy (non-hydrogen) atoms. The van der Waals surface area contributed by atoms with Crippen molar-refractivity contribution in [1.82, 2.24) is 29.7 Å². The molecular weight excluding hydrogens is 264 g/mol. The van der Waals surface area contributed by atoms with E-state index in [4.69, 9.17) is 0 Å². The Morgan fingerprint density at radius 2 is 2.29 bits per heavy atom. The van der Waals surface area contributed by atoms with E-state index in [0.717, 1.165) is 24.3 Å². The first-order valence-electron chi connectivity index (χ1n) is 7.36. The minimum Gasteiger partial charge on any atom is -0.303 e. The molecule has 0 bridgehead atoms. The molecule has 3 heterocycles. The molecule has 108 valence electrons. The Morgan fingerprint density at radius 1 is 1.33 bits per heavy atom. The Bertz CT molecular complexity index is 771. The number of aromatic nitrogens is 5. The number of rotatable bonds is 3. The molecule has 4 rings (SSSR count). The van der Waals surface area contributed by atoms with Gasteiger partial charge >= 0.3 is 0 Å². The highest BCUT2D eigenvalue weighted by molar-refractivity contribution is 5.37. The monoisotopic (exact) mass is 282 g/mol. The van der Waals surface area contributed by atoms with Crippen LogP contribution in [-0.4, -0.2) is 24.4 Å². The highest BCUT2D eigenvalue weighted by Gasteiger charge is 2.23. The third-order valence-corrected chi connectivity index (χ3v) is 4.27. The minimum absolute atomic E-state index is 0.360. The van der Waals surface area contributed by atoms with Crippen LogP contribution in [-0.2, 0) is 20.0 Å². The van der Waals surface area contributed by atoms with E-state index >= 15 is 0 Å². The third-order valence-electron chi connectivity index (χ3n) is 4.27. The first-order chi connectivity index (χ1) is 10.3. The fraction of sp³-hybridized carbons (Fsp3) is 0.400. The van der Waals surface area contributed by atoms with Gasteiger partial charge in [-0.15, -0.1) is 10.2 Å². The lowest BCUT2D eigenvalue weighted by atomic mass is 9.93. The van der Waals surface area contributed by atoms with Crippen LogP contribution in [0.1, 0.15) is 36.0 Å². The van der Waals surface area contributed by atoms with Crippen LogP contribution in [0.25, 0.3) is 5.65 Å². The van der Waals surface area contributed by atoms with E-state index in [-0.39, 0.29) is 0 Å². The number of aryl methyl sites for hydroxylation is 1. The van der Waals surface area contributed by atoms with Gasteiger partial charge in [0.15, 0.2) is 11.5 Å². The highest BCUT2D eigenvalue weighted by atomic mass is 15.3. The smallest absolute Gasteiger partial charge is 0.160 e. The van der Waals surface area contributed by atoms with E-state index < -0.39 is 0 Å². The Morgan fingerprint density at radius 3 is 3.24 bits per heavy atom. The molecule has 0 spiro atoms. The van der Waals surface area contributed by atoms with Crippen molar-refractivity contribution in [2.75, 3.05) is 0 Å². The number of fused-ring (bicyclic) bond motifs is 2. The Labute approximate surface area is 122 Å². The molecule has 6 heteroatoms. The quantitative estimate of drug-likeness (QED) is 0.793. The fourth-order valence-corrected chi connectivity index (χ4v) is 3.14.